The third kappa shape index (κ3) is 3.74. The van der Waals surface area contributed by atoms with E-state index < -0.39 is 16.3 Å². The first-order valence-corrected chi connectivity index (χ1v) is 10.7. The third-order valence-corrected chi connectivity index (χ3v) is 7.14. The second-order valence-electron chi connectivity index (χ2n) is 6.82. The van der Waals surface area contributed by atoms with E-state index in [0.29, 0.717) is 43.1 Å². The minimum absolute atomic E-state index is 0.213. The number of rotatable bonds is 7. The summed E-state index contributed by atoms with van der Waals surface area (Å²) in [5, 5.41) is 2.95. The van der Waals surface area contributed by atoms with Gasteiger partial charge in [-0.2, -0.15) is 17.0 Å². The van der Waals surface area contributed by atoms with E-state index in [1.54, 1.807) is 6.92 Å². The van der Waals surface area contributed by atoms with E-state index in [9.17, 15) is 13.2 Å². The van der Waals surface area contributed by atoms with Crippen LogP contribution in [0.4, 0.5) is 0 Å². The smallest absolute Gasteiger partial charge is 0.282 e. The number of carbonyl (C=O) groups is 1. The second-order valence-corrected chi connectivity index (χ2v) is 8.71. The summed E-state index contributed by atoms with van der Waals surface area (Å²) in [7, 11) is -3.59. The first-order valence-electron chi connectivity index (χ1n) is 9.29. The Labute approximate surface area is 155 Å². The summed E-state index contributed by atoms with van der Waals surface area (Å²) in [4.78, 5) is 21.3. The molecule has 1 aliphatic carbocycles. The van der Waals surface area contributed by atoms with Gasteiger partial charge in [0.25, 0.3) is 16.1 Å². The number of hydrogen-bond donors (Lipinski definition) is 1. The molecule has 1 aliphatic heterocycles. The molecule has 0 spiro atoms. The van der Waals surface area contributed by atoms with E-state index in [0.717, 1.165) is 19.3 Å². The summed E-state index contributed by atoms with van der Waals surface area (Å²) in [6, 6.07) is -0.210. The van der Waals surface area contributed by atoms with Gasteiger partial charge in [0.15, 0.2) is 0 Å². The quantitative estimate of drug-likeness (QED) is 0.770. The third-order valence-electron chi connectivity index (χ3n) is 4.94. The molecule has 1 N–H and O–H groups in total. The number of aromatic nitrogens is 2. The van der Waals surface area contributed by atoms with Crippen LogP contribution in [0.25, 0.3) is 0 Å². The summed E-state index contributed by atoms with van der Waals surface area (Å²) >= 11 is 0. The Morgan fingerprint density at radius 1 is 1.31 bits per heavy atom. The molecule has 8 nitrogen and oxygen atoms in total. The van der Waals surface area contributed by atoms with Crippen LogP contribution in [0.3, 0.4) is 0 Å². The Hall–Kier alpha value is -1.58. The molecule has 1 aromatic rings. The molecule has 1 aromatic heterocycles. The van der Waals surface area contributed by atoms with E-state index in [-0.39, 0.29) is 11.9 Å². The van der Waals surface area contributed by atoms with E-state index in [4.69, 9.17) is 0 Å². The highest BCUT2D eigenvalue weighted by molar-refractivity contribution is 7.86. The Balaban J connectivity index is 1.96. The van der Waals surface area contributed by atoms with E-state index >= 15 is 0 Å². The maximum absolute atomic E-state index is 13.0. The van der Waals surface area contributed by atoms with Crippen molar-refractivity contribution in [2.45, 2.75) is 58.5 Å². The van der Waals surface area contributed by atoms with Gasteiger partial charge in [-0.15, -0.1) is 0 Å². The van der Waals surface area contributed by atoms with Gasteiger partial charge in [0.2, 0.25) is 0 Å². The van der Waals surface area contributed by atoms with Crippen LogP contribution in [0, 0.1) is 6.92 Å². The average molecular weight is 382 g/mol. The molecule has 0 aromatic carbocycles. The number of aryl methyl sites for hydroxylation is 1. The van der Waals surface area contributed by atoms with E-state index in [1.807, 2.05) is 13.8 Å². The van der Waals surface area contributed by atoms with Crippen LogP contribution in [-0.4, -0.2) is 58.6 Å². The first kappa shape index (κ1) is 19.2. The normalized spacial score (nSPS) is 21.3. The number of amides is 1. The minimum atomic E-state index is -3.59. The number of carbonyl (C=O) groups excluding carboxylic acids is 1. The van der Waals surface area contributed by atoms with Crippen molar-refractivity contribution in [1.82, 2.24) is 23.9 Å². The summed E-state index contributed by atoms with van der Waals surface area (Å²) < 4.78 is 29.0. The van der Waals surface area contributed by atoms with Crippen molar-refractivity contribution >= 4 is 16.1 Å². The average Bonchev–Trinajstić information content (AvgIpc) is 3.26. The van der Waals surface area contributed by atoms with Crippen LogP contribution >= 0.6 is 0 Å². The molecule has 0 unspecified atom stereocenters. The van der Waals surface area contributed by atoms with Gasteiger partial charge in [0, 0.05) is 31.9 Å². The van der Waals surface area contributed by atoms with Crippen LogP contribution in [0.2, 0.25) is 0 Å². The molecule has 2 heterocycles. The van der Waals surface area contributed by atoms with Crippen LogP contribution in [-0.2, 0) is 10.2 Å². The minimum Gasteiger partial charge on any atom is -0.349 e. The molecule has 1 amide bonds. The molecule has 3 rings (SSSR count). The Bertz CT molecular complexity index is 775. The monoisotopic (exact) mass is 381 g/mol. The lowest BCUT2D eigenvalue weighted by atomic mass is 10.1. The van der Waals surface area contributed by atoms with Crippen LogP contribution < -0.4 is 5.32 Å². The van der Waals surface area contributed by atoms with Crippen molar-refractivity contribution in [2.24, 2.45) is 0 Å². The highest BCUT2D eigenvalue weighted by Gasteiger charge is 2.40. The zero-order chi connectivity index (χ0) is 18.9. The molecule has 9 heteroatoms. The van der Waals surface area contributed by atoms with Crippen LogP contribution in [0.5, 0.6) is 0 Å². The van der Waals surface area contributed by atoms with Gasteiger partial charge in [-0.05, 0) is 32.6 Å². The van der Waals surface area contributed by atoms with Crippen molar-refractivity contribution in [3.05, 3.63) is 23.3 Å². The van der Waals surface area contributed by atoms with Gasteiger partial charge >= 0.3 is 0 Å². The highest BCUT2D eigenvalue weighted by atomic mass is 32.2. The highest BCUT2D eigenvalue weighted by Crippen LogP contribution is 2.36. The lowest BCUT2D eigenvalue weighted by Crippen LogP contribution is -2.44. The number of nitrogens with one attached hydrogen (secondary N) is 1. The van der Waals surface area contributed by atoms with Crippen molar-refractivity contribution in [2.75, 3.05) is 19.6 Å². The molecule has 0 bridgehead atoms. The zero-order valence-electron chi connectivity index (χ0n) is 15.6. The topological polar surface area (TPSA) is 95.5 Å². The van der Waals surface area contributed by atoms with Crippen molar-refractivity contribution in [1.29, 1.82) is 0 Å². The molecular weight excluding hydrogens is 354 g/mol. The Kier molecular flexibility index (Phi) is 5.59. The summed E-state index contributed by atoms with van der Waals surface area (Å²) in [5.41, 5.74) is 0.901. The molecule has 144 valence electrons. The van der Waals surface area contributed by atoms with Crippen molar-refractivity contribution in [3.8, 4) is 0 Å². The molecule has 0 radical (unpaired) electrons. The predicted molar refractivity (Wildman–Crippen MR) is 97.8 cm³/mol. The first-order chi connectivity index (χ1) is 12.4. The lowest BCUT2D eigenvalue weighted by Gasteiger charge is -2.30. The Morgan fingerprint density at radius 3 is 2.62 bits per heavy atom. The maximum atomic E-state index is 13.0. The van der Waals surface area contributed by atoms with Crippen LogP contribution in [0.1, 0.15) is 67.4 Å². The van der Waals surface area contributed by atoms with Gasteiger partial charge in [-0.25, -0.2) is 9.97 Å². The molecule has 1 saturated heterocycles. The van der Waals surface area contributed by atoms with Gasteiger partial charge < -0.3 is 5.32 Å². The molecule has 2 aliphatic rings. The molecule has 26 heavy (non-hydrogen) atoms. The summed E-state index contributed by atoms with van der Waals surface area (Å²) in [6.07, 6.45) is 4.90. The van der Waals surface area contributed by atoms with Gasteiger partial charge in [-0.3, -0.25) is 4.79 Å². The molecule has 1 saturated carbocycles. The number of nitrogens with zero attached hydrogens (tertiary/aromatic N) is 4. The van der Waals surface area contributed by atoms with Gasteiger partial charge in [0.05, 0.1) is 17.3 Å². The van der Waals surface area contributed by atoms with E-state index in [1.165, 1.54) is 14.8 Å². The predicted octanol–water partition coefficient (Wildman–Crippen LogP) is 1.40. The number of hydrogen-bond acceptors (Lipinski definition) is 5. The molecule has 1 atom stereocenters. The van der Waals surface area contributed by atoms with Gasteiger partial charge in [-0.1, -0.05) is 13.8 Å². The largest absolute Gasteiger partial charge is 0.349 e. The second kappa shape index (κ2) is 7.58. The fourth-order valence-corrected chi connectivity index (χ4v) is 5.23. The summed E-state index contributed by atoms with van der Waals surface area (Å²) in [6.45, 7) is 6.69. The molecule has 2 fully saturated rings. The fraction of sp³-hybridized carbons (Fsp3) is 0.706. The SMILES string of the molecule is CCN(CC)S(=O)(=O)N1CCC[C@H]1c1nc(C)ncc1C(=O)NC1CC1. The molecular formula is C17H27N5O3S. The van der Waals surface area contributed by atoms with Gasteiger partial charge in [0.1, 0.15) is 5.82 Å². The lowest BCUT2D eigenvalue weighted by molar-refractivity contribution is 0.0947. The fourth-order valence-electron chi connectivity index (χ4n) is 3.40. The van der Waals surface area contributed by atoms with Crippen molar-refractivity contribution < 1.29 is 13.2 Å². The van der Waals surface area contributed by atoms with Crippen LogP contribution in [0.15, 0.2) is 6.20 Å². The summed E-state index contributed by atoms with van der Waals surface area (Å²) in [5.74, 6) is 0.324. The van der Waals surface area contributed by atoms with E-state index in [2.05, 4.69) is 15.3 Å². The zero-order valence-corrected chi connectivity index (χ0v) is 16.4. The van der Waals surface area contributed by atoms with Crippen molar-refractivity contribution in [3.63, 3.8) is 0 Å². The maximum Gasteiger partial charge on any atom is 0.282 e. The standard InChI is InChI=1S/C17H27N5O3S/c1-4-21(5-2)26(24,25)22-10-6-7-15(22)16-14(11-18-12(3)19-16)17(23)20-13-8-9-13/h11,13,15H,4-10H2,1-3H3,(H,20,23)/t15-/m0/s1. The Morgan fingerprint density at radius 2 is 2.00 bits per heavy atom.